The van der Waals surface area contributed by atoms with Crippen LogP contribution in [0.1, 0.15) is 226 Å². The third kappa shape index (κ3) is 50.9. The first kappa shape index (κ1) is 61.1. The van der Waals surface area contributed by atoms with E-state index in [1.54, 1.807) is 0 Å². The average Bonchev–Trinajstić information content (AvgIpc) is 3.30. The molecule has 0 spiro atoms. The molecule has 1 unspecified atom stereocenters. The molecule has 0 aromatic heterocycles. The SMILES string of the molecule is CC/C=C\C/C=C\C/C=C\C/C=C\C/C=C\CCC(=O)OC(COC(=O)CCCCCCCC/C=C\C/C=C\C/C=C\C/C=C\CC)COC(=O)CCCCCCCCCCCCCC. The number of unbranched alkanes of at least 4 members (excludes halogenated alkanes) is 17. The van der Waals surface area contributed by atoms with Crippen LogP contribution in [0.4, 0.5) is 0 Å². The van der Waals surface area contributed by atoms with E-state index in [-0.39, 0.29) is 31.6 Å². The Hall–Kier alpha value is -3.93. The second kappa shape index (κ2) is 52.7. The Morgan fingerprint density at radius 3 is 1.00 bits per heavy atom. The molecule has 65 heavy (non-hydrogen) atoms. The van der Waals surface area contributed by atoms with E-state index in [0.29, 0.717) is 19.3 Å². The Morgan fingerprint density at radius 2 is 0.631 bits per heavy atom. The van der Waals surface area contributed by atoms with Crippen LogP contribution < -0.4 is 0 Å². The number of ether oxygens (including phenoxy) is 3. The maximum Gasteiger partial charge on any atom is 0.306 e. The van der Waals surface area contributed by atoms with Crippen molar-refractivity contribution in [1.82, 2.24) is 0 Å². The third-order valence-corrected chi connectivity index (χ3v) is 10.8. The van der Waals surface area contributed by atoms with E-state index < -0.39 is 12.1 Å². The van der Waals surface area contributed by atoms with Gasteiger partial charge in [-0.15, -0.1) is 0 Å². The molecule has 0 rings (SSSR count). The zero-order valence-corrected chi connectivity index (χ0v) is 42.0. The summed E-state index contributed by atoms with van der Waals surface area (Å²) in [4.78, 5) is 38.0. The van der Waals surface area contributed by atoms with E-state index in [0.717, 1.165) is 109 Å². The molecule has 0 aliphatic carbocycles. The molecule has 0 amide bonds. The minimum absolute atomic E-state index is 0.112. The fraction of sp³-hybridized carbons (Fsp3) is 0.644. The van der Waals surface area contributed by atoms with Crippen LogP contribution in [0, 0.1) is 0 Å². The maximum atomic E-state index is 12.8. The number of allylic oxidation sites excluding steroid dienone is 18. The van der Waals surface area contributed by atoms with Gasteiger partial charge in [-0.1, -0.05) is 226 Å². The second-order valence-corrected chi connectivity index (χ2v) is 17.0. The number of hydrogen-bond donors (Lipinski definition) is 0. The van der Waals surface area contributed by atoms with Gasteiger partial charge in [0.1, 0.15) is 13.2 Å². The minimum Gasteiger partial charge on any atom is -0.462 e. The van der Waals surface area contributed by atoms with Crippen LogP contribution in [0.15, 0.2) is 109 Å². The zero-order valence-electron chi connectivity index (χ0n) is 42.0. The molecule has 0 aromatic carbocycles. The highest BCUT2D eigenvalue weighted by atomic mass is 16.6. The van der Waals surface area contributed by atoms with E-state index >= 15 is 0 Å². The highest BCUT2D eigenvalue weighted by Gasteiger charge is 2.19. The van der Waals surface area contributed by atoms with Gasteiger partial charge in [0.25, 0.3) is 0 Å². The Labute approximate surface area is 400 Å². The van der Waals surface area contributed by atoms with Gasteiger partial charge in [0.05, 0.1) is 0 Å². The van der Waals surface area contributed by atoms with Gasteiger partial charge in [-0.3, -0.25) is 14.4 Å². The molecule has 0 saturated heterocycles. The summed E-state index contributed by atoms with van der Waals surface area (Å²) in [6.07, 6.45) is 70.8. The van der Waals surface area contributed by atoms with E-state index in [1.807, 2.05) is 12.2 Å². The van der Waals surface area contributed by atoms with Crippen LogP contribution in [0.2, 0.25) is 0 Å². The molecule has 0 aliphatic rings. The van der Waals surface area contributed by atoms with Gasteiger partial charge in [0, 0.05) is 19.3 Å². The molecule has 368 valence electrons. The second-order valence-electron chi connectivity index (χ2n) is 17.0. The lowest BCUT2D eigenvalue weighted by Gasteiger charge is -2.18. The topological polar surface area (TPSA) is 78.9 Å². The molecule has 0 saturated carbocycles. The first-order valence-electron chi connectivity index (χ1n) is 26.4. The Morgan fingerprint density at radius 1 is 0.323 bits per heavy atom. The van der Waals surface area contributed by atoms with Crippen LogP contribution in [-0.4, -0.2) is 37.2 Å². The van der Waals surface area contributed by atoms with Crippen molar-refractivity contribution >= 4 is 17.9 Å². The van der Waals surface area contributed by atoms with Crippen molar-refractivity contribution in [1.29, 1.82) is 0 Å². The lowest BCUT2D eigenvalue weighted by molar-refractivity contribution is -0.166. The van der Waals surface area contributed by atoms with Crippen LogP contribution in [0.25, 0.3) is 0 Å². The standard InChI is InChI=1S/C59H96O6/c1-4-7-10-13-16-19-22-25-27-29-30-31-33-34-37-40-43-46-49-52-58(61)64-55-56(54-63-57(60)51-48-45-42-39-36-24-21-18-15-12-9-6-3)65-59(62)53-50-47-44-41-38-35-32-28-26-23-20-17-14-11-8-5-2/h7-8,10-11,16-17,19-20,25-28,30-31,35,38,44,47,56H,4-6,9,12-15,18,21-24,29,32-34,36-37,39-43,45-46,48-55H2,1-3H3/b10-7-,11-8-,19-16-,20-17-,27-25-,28-26-,31-30-,38-35-,47-44-. The summed E-state index contributed by atoms with van der Waals surface area (Å²) in [5.41, 5.74) is 0. The number of carbonyl (C=O) groups is 3. The zero-order chi connectivity index (χ0) is 47.2. The van der Waals surface area contributed by atoms with Crippen LogP contribution in [-0.2, 0) is 28.6 Å². The normalized spacial score (nSPS) is 13.0. The number of esters is 3. The molecular weight excluding hydrogens is 805 g/mol. The van der Waals surface area contributed by atoms with Gasteiger partial charge in [0.15, 0.2) is 6.10 Å². The van der Waals surface area contributed by atoms with Crippen molar-refractivity contribution in [2.45, 2.75) is 232 Å². The number of rotatable bonds is 46. The number of hydrogen-bond acceptors (Lipinski definition) is 6. The van der Waals surface area contributed by atoms with Crippen molar-refractivity contribution in [2.24, 2.45) is 0 Å². The molecule has 0 fully saturated rings. The lowest BCUT2D eigenvalue weighted by Crippen LogP contribution is -2.30. The summed E-state index contributed by atoms with van der Waals surface area (Å²) < 4.78 is 16.7. The summed E-state index contributed by atoms with van der Waals surface area (Å²) in [6, 6.07) is 0. The largest absolute Gasteiger partial charge is 0.462 e. The van der Waals surface area contributed by atoms with Gasteiger partial charge in [0.2, 0.25) is 0 Å². The Balaban J connectivity index is 4.50. The molecule has 1 atom stereocenters. The van der Waals surface area contributed by atoms with Crippen molar-refractivity contribution in [3.63, 3.8) is 0 Å². The third-order valence-electron chi connectivity index (χ3n) is 10.8. The van der Waals surface area contributed by atoms with Gasteiger partial charge < -0.3 is 14.2 Å². The molecular formula is C59H96O6. The number of carbonyl (C=O) groups excluding carboxylic acids is 3. The predicted molar refractivity (Wildman–Crippen MR) is 279 cm³/mol. The van der Waals surface area contributed by atoms with E-state index in [1.165, 1.54) is 70.6 Å². The average molecular weight is 901 g/mol. The predicted octanol–water partition coefficient (Wildman–Crippen LogP) is 17.5. The molecule has 0 heterocycles. The molecule has 6 heteroatoms. The fourth-order valence-electron chi connectivity index (χ4n) is 6.89. The molecule has 0 N–H and O–H groups in total. The Bertz CT molecular complexity index is 1360. The first-order chi connectivity index (χ1) is 32.0. The first-order valence-corrected chi connectivity index (χ1v) is 26.4. The summed E-state index contributed by atoms with van der Waals surface area (Å²) in [5, 5.41) is 0. The molecule has 0 aromatic rings. The van der Waals surface area contributed by atoms with Crippen molar-refractivity contribution in [3.05, 3.63) is 109 Å². The van der Waals surface area contributed by atoms with Crippen LogP contribution >= 0.6 is 0 Å². The van der Waals surface area contributed by atoms with Gasteiger partial charge in [-0.25, -0.2) is 0 Å². The minimum atomic E-state index is -0.823. The quantitative estimate of drug-likeness (QED) is 0.0262. The van der Waals surface area contributed by atoms with Crippen molar-refractivity contribution in [3.8, 4) is 0 Å². The van der Waals surface area contributed by atoms with Crippen molar-refractivity contribution in [2.75, 3.05) is 13.2 Å². The van der Waals surface area contributed by atoms with Crippen LogP contribution in [0.5, 0.6) is 0 Å². The monoisotopic (exact) mass is 901 g/mol. The molecule has 0 radical (unpaired) electrons. The molecule has 0 bridgehead atoms. The maximum absolute atomic E-state index is 12.8. The summed E-state index contributed by atoms with van der Waals surface area (Å²) in [6.45, 7) is 6.32. The van der Waals surface area contributed by atoms with Gasteiger partial charge >= 0.3 is 17.9 Å². The van der Waals surface area contributed by atoms with Crippen LogP contribution in [0.3, 0.4) is 0 Å². The highest BCUT2D eigenvalue weighted by Crippen LogP contribution is 2.14. The van der Waals surface area contributed by atoms with Gasteiger partial charge in [-0.05, 0) is 89.9 Å². The van der Waals surface area contributed by atoms with Gasteiger partial charge in [-0.2, -0.15) is 0 Å². The Kier molecular flexibility index (Phi) is 49.5. The lowest BCUT2D eigenvalue weighted by atomic mass is 10.0. The van der Waals surface area contributed by atoms with E-state index in [9.17, 15) is 14.4 Å². The fourth-order valence-corrected chi connectivity index (χ4v) is 6.89. The summed E-state index contributed by atoms with van der Waals surface area (Å²) in [7, 11) is 0. The highest BCUT2D eigenvalue weighted by molar-refractivity contribution is 5.71. The summed E-state index contributed by atoms with van der Waals surface area (Å²) in [5.74, 6) is -1.01. The van der Waals surface area contributed by atoms with E-state index in [4.69, 9.17) is 14.2 Å². The van der Waals surface area contributed by atoms with Crippen molar-refractivity contribution < 1.29 is 28.6 Å². The smallest absolute Gasteiger partial charge is 0.306 e. The van der Waals surface area contributed by atoms with E-state index in [2.05, 4.69) is 118 Å². The summed E-state index contributed by atoms with van der Waals surface area (Å²) >= 11 is 0. The molecule has 0 aliphatic heterocycles. The molecule has 6 nitrogen and oxygen atoms in total.